The minimum Gasteiger partial charge on any atom is -0.495 e. The average molecular weight is 621 g/mol. The lowest BCUT2D eigenvalue weighted by atomic mass is 9.82. The number of methoxy groups -OCH3 is 2. The highest BCUT2D eigenvalue weighted by Crippen LogP contribution is 2.53. The third-order valence-corrected chi connectivity index (χ3v) is 9.94. The van der Waals surface area contributed by atoms with Crippen molar-refractivity contribution in [2.24, 2.45) is 0 Å². The summed E-state index contributed by atoms with van der Waals surface area (Å²) >= 11 is 0. The monoisotopic (exact) mass is 620 g/mol. The van der Waals surface area contributed by atoms with Crippen LogP contribution in [0.15, 0.2) is 84.9 Å². The van der Waals surface area contributed by atoms with Crippen molar-refractivity contribution < 1.29 is 9.47 Å². The Bertz CT molecular complexity index is 2050. The molecule has 0 spiro atoms. The summed E-state index contributed by atoms with van der Waals surface area (Å²) in [6.07, 6.45) is 4.83. The van der Waals surface area contributed by atoms with Gasteiger partial charge >= 0.3 is 0 Å². The van der Waals surface area contributed by atoms with Crippen LogP contribution in [0.1, 0.15) is 68.0 Å². The Morgan fingerprint density at radius 3 is 1.19 bits per heavy atom. The molecule has 0 aliphatic heterocycles. The van der Waals surface area contributed by atoms with Gasteiger partial charge in [-0.25, -0.2) is 0 Å². The number of aryl methyl sites for hydroxylation is 6. The van der Waals surface area contributed by atoms with Gasteiger partial charge in [-0.05, 0) is 112 Å². The summed E-state index contributed by atoms with van der Waals surface area (Å²) in [6, 6.07) is 31.7. The Morgan fingerprint density at radius 1 is 0.447 bits per heavy atom. The summed E-state index contributed by atoms with van der Waals surface area (Å²) in [5, 5.41) is 4.70. The van der Waals surface area contributed by atoms with Crippen LogP contribution in [-0.2, 0) is 32.1 Å². The fourth-order valence-electron chi connectivity index (χ4n) is 7.74. The summed E-state index contributed by atoms with van der Waals surface area (Å²) in [4.78, 5) is 0. The van der Waals surface area contributed by atoms with Crippen molar-refractivity contribution in [1.29, 1.82) is 0 Å². The number of benzene rings is 6. The molecule has 6 aromatic rings. The topological polar surface area (TPSA) is 18.5 Å². The van der Waals surface area contributed by atoms with E-state index < -0.39 is 0 Å². The lowest BCUT2D eigenvalue weighted by Gasteiger charge is -2.25. The second kappa shape index (κ2) is 13.7. The first kappa shape index (κ1) is 32.4. The maximum atomic E-state index is 6.59. The Balaban J connectivity index is 1.84. The molecule has 0 aromatic heterocycles. The van der Waals surface area contributed by atoms with Crippen molar-refractivity contribution in [2.45, 2.75) is 73.6 Å². The van der Waals surface area contributed by atoms with Crippen molar-refractivity contribution in [2.75, 3.05) is 14.2 Å². The highest BCUT2D eigenvalue weighted by Gasteiger charge is 2.27. The van der Waals surface area contributed by atoms with E-state index in [1.165, 1.54) is 55.3 Å². The maximum absolute atomic E-state index is 6.59. The van der Waals surface area contributed by atoms with E-state index in [0.717, 1.165) is 76.6 Å². The number of rotatable bonds is 10. The summed E-state index contributed by atoms with van der Waals surface area (Å²) in [5.74, 6) is 1.79. The van der Waals surface area contributed by atoms with E-state index in [1.54, 1.807) is 0 Å². The molecule has 0 aliphatic rings. The van der Waals surface area contributed by atoms with E-state index in [1.807, 2.05) is 14.2 Å². The molecule has 240 valence electrons. The predicted molar refractivity (Wildman–Crippen MR) is 202 cm³/mol. The molecule has 0 bridgehead atoms. The molecule has 0 atom stereocenters. The summed E-state index contributed by atoms with van der Waals surface area (Å²) in [5.41, 5.74) is 15.2. The van der Waals surface area contributed by atoms with Crippen LogP contribution in [0.3, 0.4) is 0 Å². The van der Waals surface area contributed by atoms with Gasteiger partial charge in [0.2, 0.25) is 0 Å². The number of hydrogen-bond acceptors (Lipinski definition) is 2. The SMILES string of the molecule is CCc1cc(CC)c(-c2cc3ccccc3c(-c3c(OC)c(-c4c(CC)cc(C)cc4CC)cc4ccccc34)c2OC)c(CC)c1. The third kappa shape index (κ3) is 5.58. The lowest BCUT2D eigenvalue weighted by Crippen LogP contribution is -2.03. The van der Waals surface area contributed by atoms with Gasteiger partial charge in [0.05, 0.1) is 14.2 Å². The largest absolute Gasteiger partial charge is 0.495 e. The van der Waals surface area contributed by atoms with E-state index in [-0.39, 0.29) is 0 Å². The van der Waals surface area contributed by atoms with Crippen LogP contribution in [0.2, 0.25) is 0 Å². The van der Waals surface area contributed by atoms with Crippen LogP contribution in [0.5, 0.6) is 11.5 Å². The fraction of sp³-hybridized carbons (Fsp3) is 0.289. The molecule has 0 saturated heterocycles. The number of fused-ring (bicyclic) bond motifs is 2. The molecular weight excluding hydrogens is 572 g/mol. The Hall–Kier alpha value is -4.56. The highest BCUT2D eigenvalue weighted by molar-refractivity contribution is 6.14. The standard InChI is InChI=1S/C45H48O2/c1-9-29-24-32(12-4)41(33(13-5)25-29)39-27-35-19-15-17-21-37(35)43(45(39)47-8)42-36-20-16-14-18-34(36)26-38(44(42)46-7)40-30(10-2)22-28(6)23-31(40)11-3/h14-27H,9-13H2,1-8H3. The molecular formula is C45H48O2. The second-order valence-corrected chi connectivity index (χ2v) is 12.6. The van der Waals surface area contributed by atoms with Gasteiger partial charge in [0.15, 0.2) is 0 Å². The normalized spacial score (nSPS) is 11.4. The third-order valence-electron chi connectivity index (χ3n) is 9.94. The van der Waals surface area contributed by atoms with E-state index in [9.17, 15) is 0 Å². The molecule has 0 fully saturated rings. The molecule has 6 aromatic carbocycles. The number of hydrogen-bond donors (Lipinski definition) is 0. The van der Waals surface area contributed by atoms with Gasteiger partial charge in [0, 0.05) is 22.3 Å². The molecule has 0 N–H and O–H groups in total. The van der Waals surface area contributed by atoms with Crippen LogP contribution in [-0.4, -0.2) is 14.2 Å². The zero-order chi connectivity index (χ0) is 33.2. The van der Waals surface area contributed by atoms with Crippen LogP contribution in [0.4, 0.5) is 0 Å². The van der Waals surface area contributed by atoms with Gasteiger partial charge in [-0.15, -0.1) is 0 Å². The first-order valence-electron chi connectivity index (χ1n) is 17.4. The Kier molecular flexibility index (Phi) is 9.41. The lowest BCUT2D eigenvalue weighted by molar-refractivity contribution is 0.412. The molecule has 0 heterocycles. The first-order chi connectivity index (χ1) is 22.9. The van der Waals surface area contributed by atoms with Crippen LogP contribution in [0, 0.1) is 6.92 Å². The van der Waals surface area contributed by atoms with Gasteiger partial charge in [-0.3, -0.25) is 0 Å². The predicted octanol–water partition coefficient (Wildman–Crippen LogP) is 12.1. The smallest absolute Gasteiger partial charge is 0.135 e. The van der Waals surface area contributed by atoms with Gasteiger partial charge in [0.25, 0.3) is 0 Å². The minimum atomic E-state index is 0.894. The van der Waals surface area contributed by atoms with Gasteiger partial charge in [0.1, 0.15) is 11.5 Å². The van der Waals surface area contributed by atoms with E-state index >= 15 is 0 Å². The summed E-state index contributed by atoms with van der Waals surface area (Å²) in [7, 11) is 3.66. The second-order valence-electron chi connectivity index (χ2n) is 12.6. The molecule has 2 heteroatoms. The fourth-order valence-corrected chi connectivity index (χ4v) is 7.74. The maximum Gasteiger partial charge on any atom is 0.135 e. The van der Waals surface area contributed by atoms with Crippen molar-refractivity contribution in [3.8, 4) is 44.9 Å². The average Bonchev–Trinajstić information content (AvgIpc) is 3.12. The van der Waals surface area contributed by atoms with Crippen molar-refractivity contribution in [1.82, 2.24) is 0 Å². The van der Waals surface area contributed by atoms with Gasteiger partial charge < -0.3 is 9.47 Å². The molecule has 0 unspecified atom stereocenters. The Morgan fingerprint density at radius 2 is 0.830 bits per heavy atom. The highest BCUT2D eigenvalue weighted by atomic mass is 16.5. The van der Waals surface area contributed by atoms with Crippen LogP contribution >= 0.6 is 0 Å². The van der Waals surface area contributed by atoms with E-state index in [2.05, 4.69) is 126 Å². The summed E-state index contributed by atoms with van der Waals surface area (Å²) < 4.78 is 13.2. The van der Waals surface area contributed by atoms with E-state index in [0.29, 0.717) is 0 Å². The minimum absolute atomic E-state index is 0.894. The molecule has 47 heavy (non-hydrogen) atoms. The van der Waals surface area contributed by atoms with Crippen LogP contribution < -0.4 is 9.47 Å². The molecule has 2 nitrogen and oxygen atoms in total. The van der Waals surface area contributed by atoms with E-state index in [4.69, 9.17) is 9.47 Å². The zero-order valence-electron chi connectivity index (χ0n) is 29.4. The van der Waals surface area contributed by atoms with Gasteiger partial charge in [-0.2, -0.15) is 0 Å². The van der Waals surface area contributed by atoms with Crippen molar-refractivity contribution in [3.63, 3.8) is 0 Å². The quantitative estimate of drug-likeness (QED) is 0.152. The molecule has 0 radical (unpaired) electrons. The van der Waals surface area contributed by atoms with Gasteiger partial charge in [-0.1, -0.05) is 113 Å². The van der Waals surface area contributed by atoms with Crippen molar-refractivity contribution in [3.05, 3.63) is 118 Å². The van der Waals surface area contributed by atoms with Crippen LogP contribution in [0.25, 0.3) is 54.9 Å². The first-order valence-corrected chi connectivity index (χ1v) is 17.4. The zero-order valence-corrected chi connectivity index (χ0v) is 29.4. The van der Waals surface area contributed by atoms with Crippen molar-refractivity contribution >= 4 is 21.5 Å². The molecule has 6 rings (SSSR count). The summed E-state index contributed by atoms with van der Waals surface area (Å²) in [6.45, 7) is 13.5. The molecule has 0 saturated carbocycles. The number of ether oxygens (including phenoxy) is 2. The molecule has 0 aliphatic carbocycles. The molecule has 0 amide bonds. The Labute approximate surface area is 281 Å².